The number of amides is 1. The Hall–Kier alpha value is -1.22. The first-order valence-electron chi connectivity index (χ1n) is 4.39. The third kappa shape index (κ3) is 2.92. The second kappa shape index (κ2) is 5.50. The highest BCUT2D eigenvalue weighted by Gasteiger charge is 2.07. The lowest BCUT2D eigenvalue weighted by Crippen LogP contribution is -2.18. The first kappa shape index (κ1) is 10.9. The Bertz CT molecular complexity index is 332. The summed E-state index contributed by atoms with van der Waals surface area (Å²) in [7, 11) is 1.64. The molecule has 3 heteroatoms. The number of benzene rings is 1. The molecule has 0 saturated carbocycles. The summed E-state index contributed by atoms with van der Waals surface area (Å²) in [6.45, 7) is 1.86. The van der Waals surface area contributed by atoms with E-state index in [0.29, 0.717) is 0 Å². The molecule has 0 aliphatic heterocycles. The Labute approximate surface area is 88.4 Å². The van der Waals surface area contributed by atoms with Gasteiger partial charge in [0.05, 0.1) is 4.91 Å². The summed E-state index contributed by atoms with van der Waals surface area (Å²) in [6.07, 6.45) is 1.82. The zero-order chi connectivity index (χ0) is 10.4. The number of carbonyl (C=O) groups is 1. The van der Waals surface area contributed by atoms with Crippen LogP contribution in [0.15, 0.2) is 46.2 Å². The van der Waals surface area contributed by atoms with Crippen LogP contribution < -0.4 is 5.32 Å². The molecule has 0 saturated heterocycles. The van der Waals surface area contributed by atoms with Crippen molar-refractivity contribution in [2.24, 2.45) is 0 Å². The third-order valence-corrected chi connectivity index (χ3v) is 2.83. The second-order valence-corrected chi connectivity index (χ2v) is 3.76. The summed E-state index contributed by atoms with van der Waals surface area (Å²) < 4.78 is 0. The molecule has 1 amide bonds. The van der Waals surface area contributed by atoms with Crippen LogP contribution in [0.5, 0.6) is 0 Å². The summed E-state index contributed by atoms with van der Waals surface area (Å²) in [6, 6.07) is 9.84. The fourth-order valence-electron chi connectivity index (χ4n) is 0.975. The Morgan fingerprint density at radius 2 is 2.00 bits per heavy atom. The quantitative estimate of drug-likeness (QED) is 0.609. The topological polar surface area (TPSA) is 29.1 Å². The van der Waals surface area contributed by atoms with Crippen LogP contribution in [-0.2, 0) is 4.79 Å². The van der Waals surface area contributed by atoms with Crippen LogP contribution in [0.4, 0.5) is 0 Å². The van der Waals surface area contributed by atoms with E-state index in [1.54, 1.807) is 7.05 Å². The molecule has 1 aromatic rings. The van der Waals surface area contributed by atoms with Crippen molar-refractivity contribution in [3.05, 3.63) is 41.3 Å². The number of hydrogen-bond donors (Lipinski definition) is 1. The van der Waals surface area contributed by atoms with Gasteiger partial charge in [-0.05, 0) is 19.1 Å². The number of rotatable bonds is 3. The van der Waals surface area contributed by atoms with Crippen LogP contribution in [0, 0.1) is 0 Å². The molecule has 0 atom stereocenters. The fraction of sp³-hybridized carbons (Fsp3) is 0.182. The summed E-state index contributed by atoms with van der Waals surface area (Å²) in [4.78, 5) is 13.1. The van der Waals surface area contributed by atoms with Gasteiger partial charge in [-0.25, -0.2) is 0 Å². The molecule has 0 aliphatic carbocycles. The van der Waals surface area contributed by atoms with Crippen LogP contribution in [0.1, 0.15) is 6.92 Å². The van der Waals surface area contributed by atoms with Gasteiger partial charge in [-0.2, -0.15) is 0 Å². The van der Waals surface area contributed by atoms with Crippen molar-refractivity contribution in [2.45, 2.75) is 11.8 Å². The average molecular weight is 207 g/mol. The maximum atomic E-state index is 11.3. The molecule has 2 nitrogen and oxygen atoms in total. The van der Waals surface area contributed by atoms with Gasteiger partial charge >= 0.3 is 0 Å². The van der Waals surface area contributed by atoms with Gasteiger partial charge in [-0.3, -0.25) is 4.79 Å². The maximum Gasteiger partial charge on any atom is 0.257 e. The van der Waals surface area contributed by atoms with E-state index < -0.39 is 0 Å². The summed E-state index contributed by atoms with van der Waals surface area (Å²) in [5.41, 5.74) is 0. The SMILES string of the molecule is C/C=C(/Sc1ccccc1)C(=O)NC. The Balaban J connectivity index is 2.73. The van der Waals surface area contributed by atoms with Gasteiger partial charge in [-0.1, -0.05) is 36.0 Å². The maximum absolute atomic E-state index is 11.3. The van der Waals surface area contributed by atoms with E-state index in [2.05, 4.69) is 5.32 Å². The molecule has 1 N–H and O–H groups in total. The van der Waals surface area contributed by atoms with Gasteiger partial charge in [-0.15, -0.1) is 0 Å². The highest BCUT2D eigenvalue weighted by atomic mass is 32.2. The normalized spacial score (nSPS) is 11.1. The fourth-order valence-corrected chi connectivity index (χ4v) is 1.83. The lowest BCUT2D eigenvalue weighted by Gasteiger charge is -2.04. The first-order chi connectivity index (χ1) is 6.77. The van der Waals surface area contributed by atoms with E-state index in [4.69, 9.17) is 0 Å². The smallest absolute Gasteiger partial charge is 0.257 e. The average Bonchev–Trinajstić information content (AvgIpc) is 2.26. The molecule has 74 valence electrons. The van der Waals surface area contributed by atoms with E-state index in [1.807, 2.05) is 43.3 Å². The van der Waals surface area contributed by atoms with Crippen molar-refractivity contribution in [3.8, 4) is 0 Å². The summed E-state index contributed by atoms with van der Waals surface area (Å²) >= 11 is 1.47. The van der Waals surface area contributed by atoms with Crippen molar-refractivity contribution in [1.29, 1.82) is 0 Å². The molecule has 0 aromatic heterocycles. The number of thioether (sulfide) groups is 1. The second-order valence-electron chi connectivity index (χ2n) is 2.65. The Kier molecular flexibility index (Phi) is 4.26. The molecule has 0 radical (unpaired) electrons. The van der Waals surface area contributed by atoms with Gasteiger partial charge in [0.25, 0.3) is 5.91 Å². The van der Waals surface area contributed by atoms with Crippen molar-refractivity contribution < 1.29 is 4.79 Å². The molecular weight excluding hydrogens is 194 g/mol. The molecule has 0 unspecified atom stereocenters. The third-order valence-electron chi connectivity index (χ3n) is 1.68. The van der Waals surface area contributed by atoms with Gasteiger partial charge in [0, 0.05) is 11.9 Å². The van der Waals surface area contributed by atoms with Gasteiger partial charge < -0.3 is 5.32 Å². The zero-order valence-electron chi connectivity index (χ0n) is 8.28. The number of likely N-dealkylation sites (N-methyl/N-ethyl adjacent to an activating group) is 1. The summed E-state index contributed by atoms with van der Waals surface area (Å²) in [5.74, 6) is -0.0404. The predicted molar refractivity (Wildman–Crippen MR) is 60.1 cm³/mol. The van der Waals surface area contributed by atoms with Crippen LogP contribution in [-0.4, -0.2) is 13.0 Å². The van der Waals surface area contributed by atoms with Crippen LogP contribution in [0.2, 0.25) is 0 Å². The number of nitrogens with one attached hydrogen (secondary N) is 1. The lowest BCUT2D eigenvalue weighted by molar-refractivity contribution is -0.116. The lowest BCUT2D eigenvalue weighted by atomic mass is 10.4. The van der Waals surface area contributed by atoms with Crippen LogP contribution in [0.25, 0.3) is 0 Å². The molecule has 0 bridgehead atoms. The van der Waals surface area contributed by atoms with Crippen molar-refractivity contribution in [1.82, 2.24) is 5.32 Å². The van der Waals surface area contributed by atoms with Crippen molar-refractivity contribution in [3.63, 3.8) is 0 Å². The molecule has 1 aromatic carbocycles. The number of hydrogen-bond acceptors (Lipinski definition) is 2. The molecule has 0 spiro atoms. The van der Waals surface area contributed by atoms with Crippen molar-refractivity contribution >= 4 is 17.7 Å². The molecule has 0 heterocycles. The molecule has 0 aliphatic rings. The van der Waals surface area contributed by atoms with Gasteiger partial charge in [0.1, 0.15) is 0 Å². The van der Waals surface area contributed by atoms with E-state index in [0.717, 1.165) is 9.80 Å². The molecule has 0 fully saturated rings. The minimum Gasteiger partial charge on any atom is -0.355 e. The number of carbonyl (C=O) groups excluding carboxylic acids is 1. The first-order valence-corrected chi connectivity index (χ1v) is 5.21. The van der Waals surface area contributed by atoms with E-state index in [1.165, 1.54) is 11.8 Å². The van der Waals surface area contributed by atoms with Gasteiger partial charge in [0.15, 0.2) is 0 Å². The minimum atomic E-state index is -0.0404. The Morgan fingerprint density at radius 3 is 2.50 bits per heavy atom. The van der Waals surface area contributed by atoms with Crippen LogP contribution in [0.3, 0.4) is 0 Å². The molecule has 1 rings (SSSR count). The standard InChI is InChI=1S/C11H13NOS/c1-3-10(11(13)12-2)14-9-7-5-4-6-8-9/h3-8H,1-2H3,(H,12,13)/b10-3+. The van der Waals surface area contributed by atoms with Crippen molar-refractivity contribution in [2.75, 3.05) is 7.05 Å². The highest BCUT2D eigenvalue weighted by molar-refractivity contribution is 8.04. The number of allylic oxidation sites excluding steroid dienone is 1. The van der Waals surface area contributed by atoms with E-state index in [9.17, 15) is 4.79 Å². The van der Waals surface area contributed by atoms with Gasteiger partial charge in [0.2, 0.25) is 0 Å². The molecule has 14 heavy (non-hydrogen) atoms. The minimum absolute atomic E-state index is 0.0404. The van der Waals surface area contributed by atoms with E-state index in [-0.39, 0.29) is 5.91 Å². The monoisotopic (exact) mass is 207 g/mol. The predicted octanol–water partition coefficient (Wildman–Crippen LogP) is 2.43. The van der Waals surface area contributed by atoms with E-state index >= 15 is 0 Å². The highest BCUT2D eigenvalue weighted by Crippen LogP contribution is 2.25. The summed E-state index contributed by atoms with van der Waals surface area (Å²) in [5, 5.41) is 2.61. The van der Waals surface area contributed by atoms with Crippen LogP contribution >= 0.6 is 11.8 Å². The zero-order valence-corrected chi connectivity index (χ0v) is 9.10. The molecular formula is C11H13NOS. The largest absolute Gasteiger partial charge is 0.355 e. The Morgan fingerprint density at radius 1 is 1.36 bits per heavy atom.